The smallest absolute Gasteiger partial charge is 0.208 e. The highest BCUT2D eigenvalue weighted by Crippen LogP contribution is 2.24. The van der Waals surface area contributed by atoms with Crippen LogP contribution in [0, 0.1) is 13.8 Å². The van der Waals surface area contributed by atoms with Crippen molar-refractivity contribution < 1.29 is 4.42 Å². The molecular weight excluding hydrogens is 224 g/mol. The van der Waals surface area contributed by atoms with Crippen LogP contribution in [0.5, 0.6) is 0 Å². The Kier molecular flexibility index (Phi) is 2.92. The lowest BCUT2D eigenvalue weighted by atomic mass is 10.1. The summed E-state index contributed by atoms with van der Waals surface area (Å²) in [5.74, 6) is 1.63. The Bertz CT molecular complexity index is 535. The number of aromatic nitrogens is 1. The van der Waals surface area contributed by atoms with E-state index in [2.05, 4.69) is 42.3 Å². The summed E-state index contributed by atoms with van der Waals surface area (Å²) in [5, 5.41) is 3.40. The molecular formula is C15H18N2O. The fourth-order valence-corrected chi connectivity index (χ4v) is 2.16. The zero-order valence-corrected chi connectivity index (χ0v) is 10.9. The summed E-state index contributed by atoms with van der Waals surface area (Å²) in [6.07, 6.45) is 4.38. The predicted octanol–water partition coefficient (Wildman–Crippen LogP) is 3.21. The summed E-state index contributed by atoms with van der Waals surface area (Å²) in [7, 11) is 0. The normalized spacial score (nSPS) is 15.0. The molecule has 1 aliphatic carbocycles. The summed E-state index contributed by atoms with van der Waals surface area (Å²) in [6, 6.07) is 7.11. The van der Waals surface area contributed by atoms with Gasteiger partial charge in [-0.2, -0.15) is 0 Å². The molecule has 1 fully saturated rings. The number of nitrogens with one attached hydrogen (secondary N) is 1. The molecule has 2 aromatic rings. The van der Waals surface area contributed by atoms with Crippen LogP contribution < -0.4 is 5.32 Å². The first-order valence-electron chi connectivity index (χ1n) is 6.47. The van der Waals surface area contributed by atoms with Gasteiger partial charge in [0.1, 0.15) is 0 Å². The SMILES string of the molecule is Cc1cc(C)cc(-c2cnc(CNC3CC3)o2)c1. The third kappa shape index (κ3) is 2.62. The highest BCUT2D eigenvalue weighted by atomic mass is 16.4. The van der Waals surface area contributed by atoms with Gasteiger partial charge in [-0.05, 0) is 38.8 Å². The molecule has 0 atom stereocenters. The monoisotopic (exact) mass is 242 g/mol. The van der Waals surface area contributed by atoms with Crippen LogP contribution in [0.4, 0.5) is 0 Å². The minimum Gasteiger partial charge on any atom is -0.439 e. The molecule has 0 bridgehead atoms. The lowest BCUT2D eigenvalue weighted by molar-refractivity contribution is 0.476. The van der Waals surface area contributed by atoms with Crippen molar-refractivity contribution in [3.05, 3.63) is 41.4 Å². The van der Waals surface area contributed by atoms with Crippen molar-refractivity contribution in [2.24, 2.45) is 0 Å². The van der Waals surface area contributed by atoms with Gasteiger partial charge < -0.3 is 9.73 Å². The van der Waals surface area contributed by atoms with Gasteiger partial charge in [-0.15, -0.1) is 0 Å². The average Bonchev–Trinajstić information content (AvgIpc) is 3.02. The van der Waals surface area contributed by atoms with Crippen LogP contribution in [-0.4, -0.2) is 11.0 Å². The standard InChI is InChI=1S/C15H18N2O/c1-10-5-11(2)7-12(6-10)14-8-17-15(18-14)9-16-13-3-4-13/h5-8,13,16H,3-4,9H2,1-2H3. The van der Waals surface area contributed by atoms with Crippen molar-refractivity contribution in [2.45, 2.75) is 39.3 Å². The molecule has 18 heavy (non-hydrogen) atoms. The average molecular weight is 242 g/mol. The van der Waals surface area contributed by atoms with E-state index in [9.17, 15) is 0 Å². The van der Waals surface area contributed by atoms with Crippen LogP contribution in [0.25, 0.3) is 11.3 Å². The predicted molar refractivity (Wildman–Crippen MR) is 71.3 cm³/mol. The molecule has 1 heterocycles. The van der Waals surface area contributed by atoms with E-state index >= 15 is 0 Å². The topological polar surface area (TPSA) is 38.1 Å². The number of rotatable bonds is 4. The van der Waals surface area contributed by atoms with E-state index in [0.717, 1.165) is 23.8 Å². The zero-order chi connectivity index (χ0) is 12.5. The van der Waals surface area contributed by atoms with Crippen LogP contribution in [0.1, 0.15) is 29.9 Å². The van der Waals surface area contributed by atoms with Crippen LogP contribution in [0.3, 0.4) is 0 Å². The van der Waals surface area contributed by atoms with E-state index in [1.165, 1.54) is 24.0 Å². The Morgan fingerprint density at radius 1 is 1.22 bits per heavy atom. The Morgan fingerprint density at radius 2 is 1.94 bits per heavy atom. The first-order valence-corrected chi connectivity index (χ1v) is 6.47. The van der Waals surface area contributed by atoms with Gasteiger partial charge in [-0.3, -0.25) is 0 Å². The molecule has 3 rings (SSSR count). The van der Waals surface area contributed by atoms with Crippen molar-refractivity contribution in [2.75, 3.05) is 0 Å². The minimum absolute atomic E-state index is 0.682. The maximum absolute atomic E-state index is 5.78. The molecule has 0 amide bonds. The number of hydrogen-bond acceptors (Lipinski definition) is 3. The number of benzene rings is 1. The summed E-state index contributed by atoms with van der Waals surface area (Å²) < 4.78 is 5.78. The van der Waals surface area contributed by atoms with Crippen molar-refractivity contribution in [1.82, 2.24) is 10.3 Å². The first-order chi connectivity index (χ1) is 8.70. The summed E-state index contributed by atoms with van der Waals surface area (Å²) >= 11 is 0. The largest absolute Gasteiger partial charge is 0.439 e. The lowest BCUT2D eigenvalue weighted by Gasteiger charge is -2.01. The molecule has 1 N–H and O–H groups in total. The Balaban J connectivity index is 1.78. The van der Waals surface area contributed by atoms with Crippen molar-refractivity contribution >= 4 is 0 Å². The van der Waals surface area contributed by atoms with Gasteiger partial charge in [0.25, 0.3) is 0 Å². The minimum atomic E-state index is 0.682. The second kappa shape index (κ2) is 4.58. The third-order valence-corrected chi connectivity index (χ3v) is 3.18. The molecule has 1 aromatic carbocycles. The molecule has 0 spiro atoms. The second-order valence-electron chi connectivity index (χ2n) is 5.15. The fourth-order valence-electron chi connectivity index (χ4n) is 2.16. The summed E-state index contributed by atoms with van der Waals surface area (Å²) in [6.45, 7) is 4.93. The Hall–Kier alpha value is -1.61. The maximum Gasteiger partial charge on any atom is 0.208 e. The molecule has 0 saturated heterocycles. The van der Waals surface area contributed by atoms with Crippen molar-refractivity contribution in [3.8, 4) is 11.3 Å². The highest BCUT2D eigenvalue weighted by molar-refractivity contribution is 5.58. The van der Waals surface area contributed by atoms with Crippen molar-refractivity contribution in [3.63, 3.8) is 0 Å². The van der Waals surface area contributed by atoms with Gasteiger partial charge in [0.05, 0.1) is 12.7 Å². The third-order valence-electron chi connectivity index (χ3n) is 3.18. The van der Waals surface area contributed by atoms with E-state index in [0.29, 0.717) is 6.04 Å². The number of nitrogens with zero attached hydrogens (tertiary/aromatic N) is 1. The van der Waals surface area contributed by atoms with Crippen LogP contribution in [-0.2, 0) is 6.54 Å². The van der Waals surface area contributed by atoms with Crippen LogP contribution in [0.15, 0.2) is 28.8 Å². The molecule has 0 aliphatic heterocycles. The number of aryl methyl sites for hydroxylation is 2. The van der Waals surface area contributed by atoms with Gasteiger partial charge >= 0.3 is 0 Å². The fraction of sp³-hybridized carbons (Fsp3) is 0.400. The second-order valence-corrected chi connectivity index (χ2v) is 5.15. The highest BCUT2D eigenvalue weighted by Gasteiger charge is 2.20. The number of hydrogen-bond donors (Lipinski definition) is 1. The van der Waals surface area contributed by atoms with E-state index in [4.69, 9.17) is 4.42 Å². The van der Waals surface area contributed by atoms with Crippen LogP contribution in [0.2, 0.25) is 0 Å². The first kappa shape index (κ1) is 11.5. The van der Waals surface area contributed by atoms with Gasteiger partial charge in [0, 0.05) is 11.6 Å². The molecule has 0 radical (unpaired) electrons. The number of oxazole rings is 1. The molecule has 1 saturated carbocycles. The quantitative estimate of drug-likeness (QED) is 0.894. The van der Waals surface area contributed by atoms with Gasteiger partial charge in [-0.25, -0.2) is 4.98 Å². The zero-order valence-electron chi connectivity index (χ0n) is 10.9. The summed E-state index contributed by atoms with van der Waals surface area (Å²) in [5.41, 5.74) is 3.61. The molecule has 0 unspecified atom stereocenters. The van der Waals surface area contributed by atoms with E-state index in [1.807, 2.05) is 6.20 Å². The lowest BCUT2D eigenvalue weighted by Crippen LogP contribution is -2.15. The van der Waals surface area contributed by atoms with E-state index in [1.54, 1.807) is 0 Å². The van der Waals surface area contributed by atoms with Crippen molar-refractivity contribution in [1.29, 1.82) is 0 Å². The van der Waals surface area contributed by atoms with Crippen LogP contribution >= 0.6 is 0 Å². The van der Waals surface area contributed by atoms with Gasteiger partial charge in [0.15, 0.2) is 5.76 Å². The van der Waals surface area contributed by atoms with E-state index < -0.39 is 0 Å². The molecule has 1 aliphatic rings. The molecule has 3 nitrogen and oxygen atoms in total. The molecule has 1 aromatic heterocycles. The maximum atomic E-state index is 5.78. The van der Waals surface area contributed by atoms with Gasteiger partial charge in [-0.1, -0.05) is 17.2 Å². The van der Waals surface area contributed by atoms with Gasteiger partial charge in [0.2, 0.25) is 5.89 Å². The Morgan fingerprint density at radius 3 is 2.61 bits per heavy atom. The molecule has 3 heteroatoms. The van der Waals surface area contributed by atoms with E-state index in [-0.39, 0.29) is 0 Å². The molecule has 94 valence electrons. The Labute approximate surface area is 107 Å². The summed E-state index contributed by atoms with van der Waals surface area (Å²) in [4.78, 5) is 4.32.